The van der Waals surface area contributed by atoms with E-state index in [0.29, 0.717) is 5.75 Å². The van der Waals surface area contributed by atoms with E-state index in [1.165, 1.54) is 19.3 Å². The maximum Gasteiger partial charge on any atom is 0.330 e. The van der Waals surface area contributed by atoms with Gasteiger partial charge in [-0.3, -0.25) is 9.36 Å². The maximum atomic E-state index is 12.6. The highest BCUT2D eigenvalue weighted by molar-refractivity contribution is 5.98. The maximum absolute atomic E-state index is 12.6. The third-order valence-corrected chi connectivity index (χ3v) is 4.37. The molecular formula is C22H18N4O3. The molecule has 1 N–H and O–H groups in total. The van der Waals surface area contributed by atoms with E-state index in [0.717, 1.165) is 22.2 Å². The van der Waals surface area contributed by atoms with Gasteiger partial charge < -0.3 is 10.1 Å². The minimum Gasteiger partial charge on any atom is -0.439 e. The van der Waals surface area contributed by atoms with Crippen LogP contribution >= 0.6 is 0 Å². The first-order valence-corrected chi connectivity index (χ1v) is 8.99. The fourth-order valence-corrected chi connectivity index (χ4v) is 2.98. The van der Waals surface area contributed by atoms with Gasteiger partial charge in [0.1, 0.15) is 17.8 Å². The molecule has 0 spiro atoms. The molecule has 29 heavy (non-hydrogen) atoms. The van der Waals surface area contributed by atoms with Crippen molar-refractivity contribution in [2.75, 3.05) is 5.32 Å². The van der Waals surface area contributed by atoms with E-state index in [-0.39, 0.29) is 23.4 Å². The minimum atomic E-state index is -0.249. The summed E-state index contributed by atoms with van der Waals surface area (Å²) in [7, 11) is 0. The largest absolute Gasteiger partial charge is 0.439 e. The van der Waals surface area contributed by atoms with Crippen molar-refractivity contribution in [1.29, 1.82) is 0 Å². The molecule has 2 aromatic carbocycles. The molecule has 2 heterocycles. The van der Waals surface area contributed by atoms with Crippen LogP contribution in [0.4, 0.5) is 10.5 Å². The van der Waals surface area contributed by atoms with Gasteiger partial charge in [0.05, 0.1) is 5.52 Å². The van der Waals surface area contributed by atoms with Crippen molar-refractivity contribution in [2.24, 2.45) is 0 Å². The van der Waals surface area contributed by atoms with E-state index in [1.807, 2.05) is 37.3 Å². The SMILES string of the molecule is CC(=O)c1cc(Oc2ccc3c(ccn3C(=O)Nc3cccc(C)c3)c2)ncn1. The predicted molar refractivity (Wildman–Crippen MR) is 110 cm³/mol. The van der Waals surface area contributed by atoms with E-state index in [1.54, 1.807) is 29.0 Å². The number of aromatic nitrogens is 3. The van der Waals surface area contributed by atoms with E-state index >= 15 is 0 Å². The fourth-order valence-electron chi connectivity index (χ4n) is 2.98. The van der Waals surface area contributed by atoms with E-state index in [4.69, 9.17) is 4.74 Å². The number of carbonyl (C=O) groups is 2. The molecule has 4 rings (SSSR count). The van der Waals surface area contributed by atoms with Crippen LogP contribution in [0.2, 0.25) is 0 Å². The highest BCUT2D eigenvalue weighted by Crippen LogP contribution is 2.26. The summed E-state index contributed by atoms with van der Waals surface area (Å²) >= 11 is 0. The molecule has 2 aromatic heterocycles. The summed E-state index contributed by atoms with van der Waals surface area (Å²) in [5, 5.41) is 3.73. The summed E-state index contributed by atoms with van der Waals surface area (Å²) in [5.41, 5.74) is 2.84. The Balaban J connectivity index is 1.56. The summed E-state index contributed by atoms with van der Waals surface area (Å²) in [5.74, 6) is 0.660. The standard InChI is InChI=1S/C22H18N4O3/c1-14-4-3-5-17(10-14)25-22(28)26-9-8-16-11-18(6-7-20(16)26)29-21-12-19(15(2)27)23-13-24-21/h3-13H,1-2H3,(H,25,28). The number of nitrogens with one attached hydrogen (secondary N) is 1. The summed E-state index contributed by atoms with van der Waals surface area (Å²) < 4.78 is 7.28. The van der Waals surface area contributed by atoms with Gasteiger partial charge >= 0.3 is 6.03 Å². The van der Waals surface area contributed by atoms with Crippen LogP contribution in [-0.2, 0) is 0 Å². The molecule has 0 aliphatic heterocycles. The molecule has 7 heteroatoms. The Morgan fingerprint density at radius 2 is 1.90 bits per heavy atom. The minimum absolute atomic E-state index is 0.163. The second kappa shape index (κ2) is 7.55. The van der Waals surface area contributed by atoms with Crippen molar-refractivity contribution in [1.82, 2.24) is 14.5 Å². The van der Waals surface area contributed by atoms with E-state index < -0.39 is 0 Å². The summed E-state index contributed by atoms with van der Waals surface area (Å²) in [6, 6.07) is 16.1. The van der Waals surface area contributed by atoms with Crippen molar-refractivity contribution < 1.29 is 14.3 Å². The van der Waals surface area contributed by atoms with Gasteiger partial charge in [-0.15, -0.1) is 0 Å². The molecule has 7 nitrogen and oxygen atoms in total. The number of rotatable bonds is 4. The Kier molecular flexibility index (Phi) is 4.78. The number of ketones is 1. The summed E-state index contributed by atoms with van der Waals surface area (Å²) in [6.45, 7) is 3.40. The third-order valence-electron chi connectivity index (χ3n) is 4.37. The average molecular weight is 386 g/mol. The van der Waals surface area contributed by atoms with Crippen LogP contribution in [0.3, 0.4) is 0 Å². The Morgan fingerprint density at radius 3 is 2.69 bits per heavy atom. The Bertz CT molecular complexity index is 1230. The Hall–Kier alpha value is -4.00. The van der Waals surface area contributed by atoms with Crippen LogP contribution in [0.15, 0.2) is 67.1 Å². The number of fused-ring (bicyclic) bond motifs is 1. The van der Waals surface area contributed by atoms with Gasteiger partial charge in [0.2, 0.25) is 5.88 Å². The molecular weight excluding hydrogens is 368 g/mol. The average Bonchev–Trinajstić information content (AvgIpc) is 3.11. The van der Waals surface area contributed by atoms with Crippen molar-refractivity contribution in [3.63, 3.8) is 0 Å². The Morgan fingerprint density at radius 1 is 1.03 bits per heavy atom. The van der Waals surface area contributed by atoms with Gasteiger partial charge in [0.25, 0.3) is 0 Å². The normalized spacial score (nSPS) is 10.7. The zero-order valence-corrected chi connectivity index (χ0v) is 15.9. The van der Waals surface area contributed by atoms with Crippen molar-refractivity contribution in [3.8, 4) is 11.6 Å². The molecule has 0 aliphatic carbocycles. The number of Topliss-reactive ketones (excluding diaryl/α,β-unsaturated/α-hetero) is 1. The number of ether oxygens (including phenoxy) is 1. The smallest absolute Gasteiger partial charge is 0.330 e. The number of hydrogen-bond acceptors (Lipinski definition) is 5. The lowest BCUT2D eigenvalue weighted by atomic mass is 10.2. The lowest BCUT2D eigenvalue weighted by molar-refractivity contribution is 0.101. The number of benzene rings is 2. The van der Waals surface area contributed by atoms with Crippen molar-refractivity contribution >= 4 is 28.4 Å². The molecule has 0 atom stereocenters. The summed E-state index contributed by atoms with van der Waals surface area (Å²) in [6.07, 6.45) is 2.99. The second-order valence-corrected chi connectivity index (χ2v) is 6.61. The van der Waals surface area contributed by atoms with E-state index in [2.05, 4.69) is 15.3 Å². The molecule has 0 saturated heterocycles. The van der Waals surface area contributed by atoms with Crippen molar-refractivity contribution in [2.45, 2.75) is 13.8 Å². The van der Waals surface area contributed by atoms with Crippen LogP contribution in [-0.4, -0.2) is 26.3 Å². The molecule has 4 aromatic rings. The molecule has 0 fully saturated rings. The van der Waals surface area contributed by atoms with Crippen LogP contribution in [0.1, 0.15) is 23.0 Å². The van der Waals surface area contributed by atoms with Crippen LogP contribution in [0.25, 0.3) is 10.9 Å². The molecule has 0 bridgehead atoms. The predicted octanol–water partition coefficient (Wildman–Crippen LogP) is 4.81. The zero-order valence-electron chi connectivity index (χ0n) is 15.9. The number of amides is 1. The topological polar surface area (TPSA) is 86.1 Å². The summed E-state index contributed by atoms with van der Waals surface area (Å²) in [4.78, 5) is 32.0. The number of carbonyl (C=O) groups excluding carboxylic acids is 2. The third kappa shape index (κ3) is 3.98. The highest BCUT2D eigenvalue weighted by atomic mass is 16.5. The van der Waals surface area contributed by atoms with Gasteiger partial charge in [-0.25, -0.2) is 14.8 Å². The number of aryl methyl sites for hydroxylation is 1. The first-order chi connectivity index (χ1) is 14.0. The zero-order chi connectivity index (χ0) is 20.4. The van der Waals surface area contributed by atoms with E-state index in [9.17, 15) is 9.59 Å². The van der Waals surface area contributed by atoms with Crippen LogP contribution < -0.4 is 10.1 Å². The van der Waals surface area contributed by atoms with Gasteiger partial charge in [-0.1, -0.05) is 12.1 Å². The fraction of sp³-hybridized carbons (Fsp3) is 0.0909. The van der Waals surface area contributed by atoms with Crippen LogP contribution in [0.5, 0.6) is 11.6 Å². The number of nitrogens with zero attached hydrogens (tertiary/aromatic N) is 3. The number of hydrogen-bond donors (Lipinski definition) is 1. The van der Waals surface area contributed by atoms with Gasteiger partial charge in [0.15, 0.2) is 5.78 Å². The first-order valence-electron chi connectivity index (χ1n) is 8.99. The van der Waals surface area contributed by atoms with Gasteiger partial charge in [-0.05, 0) is 48.9 Å². The van der Waals surface area contributed by atoms with Gasteiger partial charge in [0, 0.05) is 30.3 Å². The molecule has 1 amide bonds. The molecule has 0 aliphatic rings. The lowest BCUT2D eigenvalue weighted by Gasteiger charge is -2.09. The van der Waals surface area contributed by atoms with Crippen molar-refractivity contribution in [3.05, 3.63) is 78.4 Å². The molecule has 144 valence electrons. The Labute approximate surface area is 167 Å². The lowest BCUT2D eigenvalue weighted by Crippen LogP contribution is -2.18. The first kappa shape index (κ1) is 18.4. The van der Waals surface area contributed by atoms with Crippen LogP contribution in [0, 0.1) is 6.92 Å². The molecule has 0 unspecified atom stereocenters. The monoisotopic (exact) mass is 386 g/mol. The highest BCUT2D eigenvalue weighted by Gasteiger charge is 2.11. The van der Waals surface area contributed by atoms with Gasteiger partial charge in [-0.2, -0.15) is 0 Å². The quantitative estimate of drug-likeness (QED) is 0.509. The molecule has 0 radical (unpaired) electrons. The number of anilines is 1. The molecule has 0 saturated carbocycles. The second-order valence-electron chi connectivity index (χ2n) is 6.61.